The molecule has 0 aliphatic rings. The molecule has 0 saturated heterocycles. The minimum Gasteiger partial charge on any atom is -0.491 e. The topological polar surface area (TPSA) is 87.2 Å². The van der Waals surface area contributed by atoms with Crippen molar-refractivity contribution in [3.63, 3.8) is 0 Å². The lowest BCUT2D eigenvalue weighted by atomic mass is 10.2. The fraction of sp³-hybridized carbons (Fsp3) is 0.269. The van der Waals surface area contributed by atoms with Crippen LogP contribution in [0.4, 0.5) is 11.4 Å². The summed E-state index contributed by atoms with van der Waals surface area (Å²) in [5, 5.41) is 10.7. The number of aliphatic hydroxyl groups is 1. The van der Waals surface area contributed by atoms with E-state index in [4.69, 9.17) is 4.74 Å². The number of nitrogens with zero attached hydrogens (tertiary/aromatic N) is 2. The molecule has 3 aromatic carbocycles. The van der Waals surface area contributed by atoms with Gasteiger partial charge in [0.2, 0.25) is 5.91 Å². The third kappa shape index (κ3) is 6.15. The molecular formula is C26H30N2O5S. The molecular weight excluding hydrogens is 452 g/mol. The second-order valence-electron chi connectivity index (χ2n) is 8.22. The van der Waals surface area contributed by atoms with E-state index >= 15 is 0 Å². The molecule has 7 nitrogen and oxygen atoms in total. The number of hydrogen-bond donors (Lipinski definition) is 1. The van der Waals surface area contributed by atoms with Crippen LogP contribution in [0.3, 0.4) is 0 Å². The molecule has 0 spiro atoms. The van der Waals surface area contributed by atoms with Gasteiger partial charge in [-0.05, 0) is 62.4 Å². The van der Waals surface area contributed by atoms with Crippen LogP contribution < -0.4 is 13.9 Å². The van der Waals surface area contributed by atoms with Crippen molar-refractivity contribution in [2.24, 2.45) is 0 Å². The first-order valence-electron chi connectivity index (χ1n) is 10.9. The maximum absolute atomic E-state index is 13.4. The Kier molecular flexibility index (Phi) is 7.96. The summed E-state index contributed by atoms with van der Waals surface area (Å²) >= 11 is 0. The average Bonchev–Trinajstić information content (AvgIpc) is 2.82. The van der Waals surface area contributed by atoms with Crippen LogP contribution in [-0.4, -0.2) is 45.7 Å². The average molecular weight is 483 g/mol. The summed E-state index contributed by atoms with van der Waals surface area (Å²) in [4.78, 5) is 13.1. The Balaban J connectivity index is 1.76. The monoisotopic (exact) mass is 482 g/mol. The molecule has 1 atom stereocenters. The van der Waals surface area contributed by atoms with Crippen molar-refractivity contribution in [2.45, 2.75) is 31.8 Å². The smallest absolute Gasteiger partial charge is 0.264 e. The Hall–Kier alpha value is -3.36. The number of rotatable bonds is 9. The lowest BCUT2D eigenvalue weighted by molar-refractivity contribution is -0.116. The number of amides is 1. The molecule has 1 amide bonds. The van der Waals surface area contributed by atoms with E-state index in [1.807, 2.05) is 26.0 Å². The van der Waals surface area contributed by atoms with Crippen molar-refractivity contribution < 1.29 is 23.1 Å². The molecule has 3 aromatic rings. The molecule has 0 radical (unpaired) electrons. The van der Waals surface area contributed by atoms with E-state index < -0.39 is 16.1 Å². The number of anilines is 2. The van der Waals surface area contributed by atoms with Crippen LogP contribution in [0.5, 0.6) is 5.75 Å². The molecule has 0 aliphatic carbocycles. The van der Waals surface area contributed by atoms with E-state index in [0.29, 0.717) is 11.4 Å². The minimum atomic E-state index is -3.90. The second kappa shape index (κ2) is 10.7. The van der Waals surface area contributed by atoms with E-state index in [-0.39, 0.29) is 24.0 Å². The van der Waals surface area contributed by atoms with E-state index in [0.717, 1.165) is 16.8 Å². The van der Waals surface area contributed by atoms with Crippen LogP contribution >= 0.6 is 0 Å². The summed E-state index contributed by atoms with van der Waals surface area (Å²) in [6.07, 6.45) is -1.08. The number of sulfonamides is 1. The number of benzene rings is 3. The predicted octanol–water partition coefficient (Wildman–Crippen LogP) is 3.92. The largest absolute Gasteiger partial charge is 0.491 e. The standard InChI is InChI=1S/C26H30N2O5S/c1-19-5-9-23(10-6-19)28(34(31,32)26-15-7-20(2)8-16-26)17-24(30)18-33-25-13-11-22(12-14-25)27(4)21(3)29/h5-16,24,30H,17-18H2,1-4H3/t24-/m0/s1. The summed E-state index contributed by atoms with van der Waals surface area (Å²) in [5.41, 5.74) is 3.13. The molecule has 0 fully saturated rings. The first kappa shape index (κ1) is 25.3. The van der Waals surface area contributed by atoms with Gasteiger partial charge in [-0.3, -0.25) is 9.10 Å². The zero-order valence-corrected chi connectivity index (χ0v) is 20.6. The highest BCUT2D eigenvalue weighted by Crippen LogP contribution is 2.25. The van der Waals surface area contributed by atoms with E-state index in [9.17, 15) is 18.3 Å². The Morgan fingerprint density at radius 3 is 1.91 bits per heavy atom. The van der Waals surface area contributed by atoms with Gasteiger partial charge in [-0.25, -0.2) is 8.42 Å². The molecule has 3 rings (SSSR count). The fourth-order valence-electron chi connectivity index (χ4n) is 3.28. The highest BCUT2D eigenvalue weighted by molar-refractivity contribution is 7.92. The maximum atomic E-state index is 13.4. The van der Waals surface area contributed by atoms with Gasteiger partial charge in [0.25, 0.3) is 10.0 Å². The molecule has 0 bridgehead atoms. The van der Waals surface area contributed by atoms with Crippen molar-refractivity contribution in [2.75, 3.05) is 29.4 Å². The van der Waals surface area contributed by atoms with E-state index in [1.165, 1.54) is 16.1 Å². The van der Waals surface area contributed by atoms with Gasteiger partial charge >= 0.3 is 0 Å². The SMILES string of the molecule is CC(=O)N(C)c1ccc(OC[C@@H](O)CN(c2ccc(C)cc2)S(=O)(=O)c2ccc(C)cc2)cc1. The van der Waals surface area contributed by atoms with Crippen LogP contribution in [0, 0.1) is 13.8 Å². The third-order valence-electron chi connectivity index (χ3n) is 5.45. The molecule has 0 saturated carbocycles. The van der Waals surface area contributed by atoms with Gasteiger partial charge in [0, 0.05) is 19.7 Å². The lowest BCUT2D eigenvalue weighted by Gasteiger charge is -2.27. The van der Waals surface area contributed by atoms with Crippen molar-refractivity contribution in [3.8, 4) is 5.75 Å². The van der Waals surface area contributed by atoms with Gasteiger partial charge in [0.05, 0.1) is 17.1 Å². The number of aryl methyl sites for hydroxylation is 2. The Morgan fingerprint density at radius 1 is 0.882 bits per heavy atom. The van der Waals surface area contributed by atoms with Gasteiger partial charge in [0.1, 0.15) is 18.5 Å². The van der Waals surface area contributed by atoms with Gasteiger partial charge in [-0.1, -0.05) is 35.4 Å². The summed E-state index contributed by atoms with van der Waals surface area (Å²) in [7, 11) is -2.23. The predicted molar refractivity (Wildman–Crippen MR) is 134 cm³/mol. The summed E-state index contributed by atoms with van der Waals surface area (Å²) in [6, 6.07) is 20.6. The lowest BCUT2D eigenvalue weighted by Crippen LogP contribution is -2.39. The number of carbonyl (C=O) groups is 1. The van der Waals surface area contributed by atoms with E-state index in [1.54, 1.807) is 67.7 Å². The van der Waals surface area contributed by atoms with Crippen molar-refractivity contribution in [1.29, 1.82) is 0 Å². The zero-order chi connectivity index (χ0) is 24.9. The van der Waals surface area contributed by atoms with Gasteiger partial charge < -0.3 is 14.7 Å². The fourth-order valence-corrected chi connectivity index (χ4v) is 4.78. The van der Waals surface area contributed by atoms with Crippen LogP contribution in [0.2, 0.25) is 0 Å². The molecule has 0 aromatic heterocycles. The van der Waals surface area contributed by atoms with Crippen LogP contribution in [0.1, 0.15) is 18.1 Å². The van der Waals surface area contributed by atoms with Crippen molar-refractivity contribution >= 4 is 27.3 Å². The molecule has 0 heterocycles. The third-order valence-corrected chi connectivity index (χ3v) is 7.25. The summed E-state index contributed by atoms with van der Waals surface area (Å²) in [6.45, 7) is 5.01. The highest BCUT2D eigenvalue weighted by Gasteiger charge is 2.27. The summed E-state index contributed by atoms with van der Waals surface area (Å²) < 4.78 is 33.8. The Labute approximate surface area is 201 Å². The summed E-state index contributed by atoms with van der Waals surface area (Å²) in [5.74, 6) is 0.415. The minimum absolute atomic E-state index is 0.0879. The van der Waals surface area contributed by atoms with Gasteiger partial charge in [-0.15, -0.1) is 0 Å². The number of carbonyl (C=O) groups excluding carboxylic acids is 1. The number of aliphatic hydroxyl groups excluding tert-OH is 1. The van der Waals surface area contributed by atoms with Gasteiger partial charge in [0.15, 0.2) is 0 Å². The zero-order valence-electron chi connectivity index (χ0n) is 19.8. The first-order valence-corrected chi connectivity index (χ1v) is 12.3. The molecule has 0 unspecified atom stereocenters. The molecule has 0 aliphatic heterocycles. The Morgan fingerprint density at radius 2 is 1.38 bits per heavy atom. The molecule has 34 heavy (non-hydrogen) atoms. The van der Waals surface area contributed by atoms with Crippen LogP contribution in [0.15, 0.2) is 77.7 Å². The quantitative estimate of drug-likeness (QED) is 0.500. The van der Waals surface area contributed by atoms with Crippen molar-refractivity contribution in [3.05, 3.63) is 83.9 Å². The van der Waals surface area contributed by atoms with Crippen LogP contribution in [0.25, 0.3) is 0 Å². The number of ether oxygens (including phenoxy) is 1. The second-order valence-corrected chi connectivity index (χ2v) is 10.1. The van der Waals surface area contributed by atoms with Gasteiger partial charge in [-0.2, -0.15) is 0 Å². The van der Waals surface area contributed by atoms with Crippen LogP contribution in [-0.2, 0) is 14.8 Å². The normalized spacial score (nSPS) is 12.1. The Bertz CT molecular complexity index is 1210. The first-order chi connectivity index (χ1) is 16.1. The number of hydrogen-bond acceptors (Lipinski definition) is 5. The van der Waals surface area contributed by atoms with Crippen molar-refractivity contribution in [1.82, 2.24) is 0 Å². The molecule has 180 valence electrons. The highest BCUT2D eigenvalue weighted by atomic mass is 32.2. The van der Waals surface area contributed by atoms with E-state index in [2.05, 4.69) is 0 Å². The molecule has 1 N–H and O–H groups in total. The molecule has 8 heteroatoms. The maximum Gasteiger partial charge on any atom is 0.264 e.